The highest BCUT2D eigenvalue weighted by Gasteiger charge is 2.07. The molecular weight excluding hydrogens is 222 g/mol. The van der Waals surface area contributed by atoms with Gasteiger partial charge >= 0.3 is 0 Å². The van der Waals surface area contributed by atoms with Crippen LogP contribution in [0.1, 0.15) is 5.56 Å². The van der Waals surface area contributed by atoms with E-state index in [1.165, 1.54) is 11.1 Å². The van der Waals surface area contributed by atoms with Crippen LogP contribution >= 0.6 is 11.3 Å². The minimum Gasteiger partial charge on any atom is -0.383 e. The Morgan fingerprint density at radius 3 is 3.25 bits per heavy atom. The number of nitrogens with one attached hydrogen (secondary N) is 2. The highest BCUT2D eigenvalue weighted by Crippen LogP contribution is 2.23. The van der Waals surface area contributed by atoms with Crippen LogP contribution in [0.4, 0.5) is 0 Å². The van der Waals surface area contributed by atoms with Crippen molar-refractivity contribution in [2.45, 2.75) is 6.54 Å². The summed E-state index contributed by atoms with van der Waals surface area (Å²) in [6.07, 6.45) is 1.87. The van der Waals surface area contributed by atoms with Crippen molar-refractivity contribution in [3.05, 3.63) is 28.6 Å². The van der Waals surface area contributed by atoms with Crippen LogP contribution in [0.3, 0.4) is 0 Å². The lowest BCUT2D eigenvalue weighted by molar-refractivity contribution is 0.199. The molecule has 0 amide bonds. The third-order valence-corrected chi connectivity index (χ3v) is 3.01. The molecule has 2 N–H and O–H groups in total. The number of H-pyrrole nitrogens is 1. The van der Waals surface area contributed by atoms with Gasteiger partial charge in [-0.15, -0.1) is 0 Å². The van der Waals surface area contributed by atoms with Crippen molar-refractivity contribution in [3.8, 4) is 11.3 Å². The lowest BCUT2D eigenvalue weighted by atomic mass is 10.1. The van der Waals surface area contributed by atoms with Crippen molar-refractivity contribution in [3.63, 3.8) is 0 Å². The zero-order valence-corrected chi connectivity index (χ0v) is 10.0. The standard InChI is InChI=1S/C11H15N3OS/c1-15-4-3-12-6-10-7-13-14-11(10)9-2-5-16-8-9/h2,5,7-8,12H,3-4,6H2,1H3,(H,13,14). The summed E-state index contributed by atoms with van der Waals surface area (Å²) < 4.78 is 4.98. The predicted molar refractivity (Wildman–Crippen MR) is 65.5 cm³/mol. The minimum atomic E-state index is 0.728. The van der Waals surface area contributed by atoms with Crippen LogP contribution in [0, 0.1) is 0 Å². The molecule has 2 heterocycles. The van der Waals surface area contributed by atoms with E-state index in [4.69, 9.17) is 4.74 Å². The fourth-order valence-corrected chi connectivity index (χ4v) is 2.15. The van der Waals surface area contributed by atoms with Crippen molar-refractivity contribution < 1.29 is 4.74 Å². The Bertz CT molecular complexity index is 411. The van der Waals surface area contributed by atoms with E-state index in [0.29, 0.717) is 0 Å². The maximum absolute atomic E-state index is 4.98. The van der Waals surface area contributed by atoms with Gasteiger partial charge in [-0.3, -0.25) is 5.10 Å². The van der Waals surface area contributed by atoms with Gasteiger partial charge in [0, 0.05) is 36.7 Å². The first-order valence-corrected chi connectivity index (χ1v) is 6.10. The predicted octanol–water partition coefficient (Wildman–Crippen LogP) is 1.87. The summed E-state index contributed by atoms with van der Waals surface area (Å²) in [5.41, 5.74) is 3.49. The first kappa shape index (κ1) is 11.3. The number of thiophene rings is 1. The second-order valence-corrected chi connectivity index (χ2v) is 4.23. The monoisotopic (exact) mass is 237 g/mol. The molecule has 0 radical (unpaired) electrons. The first-order valence-electron chi connectivity index (χ1n) is 5.16. The van der Waals surface area contributed by atoms with Gasteiger partial charge in [0.1, 0.15) is 0 Å². The Hall–Kier alpha value is -1.17. The van der Waals surface area contributed by atoms with E-state index < -0.39 is 0 Å². The van der Waals surface area contributed by atoms with E-state index in [1.807, 2.05) is 6.20 Å². The second-order valence-electron chi connectivity index (χ2n) is 3.45. The smallest absolute Gasteiger partial charge is 0.0703 e. The third kappa shape index (κ3) is 2.69. The average Bonchev–Trinajstić information content (AvgIpc) is 2.94. The average molecular weight is 237 g/mol. The van der Waals surface area contributed by atoms with Crippen LogP contribution < -0.4 is 5.32 Å². The highest BCUT2D eigenvalue weighted by molar-refractivity contribution is 7.08. The quantitative estimate of drug-likeness (QED) is 0.754. The molecule has 86 valence electrons. The van der Waals surface area contributed by atoms with Crippen molar-refractivity contribution in [1.82, 2.24) is 15.5 Å². The van der Waals surface area contributed by atoms with Crippen LogP contribution in [0.25, 0.3) is 11.3 Å². The van der Waals surface area contributed by atoms with Gasteiger partial charge in [0.05, 0.1) is 18.5 Å². The molecule has 0 bridgehead atoms. The molecule has 0 aliphatic rings. The molecule has 0 unspecified atom stereocenters. The van der Waals surface area contributed by atoms with Crippen molar-refractivity contribution in [2.75, 3.05) is 20.3 Å². The van der Waals surface area contributed by atoms with E-state index in [0.717, 1.165) is 25.4 Å². The number of hydrogen-bond donors (Lipinski definition) is 2. The molecule has 2 aromatic rings. The minimum absolute atomic E-state index is 0.728. The van der Waals surface area contributed by atoms with Gasteiger partial charge in [0.25, 0.3) is 0 Å². The van der Waals surface area contributed by atoms with Crippen LogP contribution in [0.15, 0.2) is 23.0 Å². The van der Waals surface area contributed by atoms with Gasteiger partial charge in [-0.05, 0) is 11.4 Å². The maximum Gasteiger partial charge on any atom is 0.0703 e. The SMILES string of the molecule is COCCNCc1cn[nH]c1-c1ccsc1. The fraction of sp³-hybridized carbons (Fsp3) is 0.364. The van der Waals surface area contributed by atoms with E-state index >= 15 is 0 Å². The van der Waals surface area contributed by atoms with Crippen molar-refractivity contribution in [2.24, 2.45) is 0 Å². The Balaban J connectivity index is 1.97. The normalized spacial score (nSPS) is 10.8. The topological polar surface area (TPSA) is 49.9 Å². The lowest BCUT2D eigenvalue weighted by Crippen LogP contribution is -2.18. The highest BCUT2D eigenvalue weighted by atomic mass is 32.1. The van der Waals surface area contributed by atoms with Gasteiger partial charge in [-0.2, -0.15) is 16.4 Å². The summed E-state index contributed by atoms with van der Waals surface area (Å²) in [7, 11) is 1.70. The molecule has 0 saturated heterocycles. The van der Waals surface area contributed by atoms with Crippen LogP contribution in [-0.2, 0) is 11.3 Å². The molecule has 0 aliphatic carbocycles. The maximum atomic E-state index is 4.98. The number of methoxy groups -OCH3 is 1. The molecule has 0 aromatic carbocycles. The van der Waals surface area contributed by atoms with Gasteiger partial charge in [-0.1, -0.05) is 0 Å². The number of aromatic amines is 1. The molecule has 0 saturated carbocycles. The second kappa shape index (κ2) is 5.79. The Morgan fingerprint density at radius 2 is 2.50 bits per heavy atom. The number of rotatable bonds is 6. The number of ether oxygens (including phenoxy) is 1. The first-order chi connectivity index (χ1) is 7.92. The molecule has 0 aliphatic heterocycles. The zero-order valence-electron chi connectivity index (χ0n) is 9.19. The Labute approximate surface area is 98.6 Å². The van der Waals surface area contributed by atoms with Crippen LogP contribution in [0.5, 0.6) is 0 Å². The summed E-state index contributed by atoms with van der Waals surface area (Å²) in [5.74, 6) is 0. The summed E-state index contributed by atoms with van der Waals surface area (Å²) in [6, 6.07) is 2.09. The molecule has 2 rings (SSSR count). The number of hydrogen-bond acceptors (Lipinski definition) is 4. The van der Waals surface area contributed by atoms with E-state index in [9.17, 15) is 0 Å². The summed E-state index contributed by atoms with van der Waals surface area (Å²) >= 11 is 1.69. The molecule has 0 spiro atoms. The fourth-order valence-electron chi connectivity index (χ4n) is 1.50. The number of aromatic nitrogens is 2. The zero-order chi connectivity index (χ0) is 11.2. The van der Waals surface area contributed by atoms with Crippen LogP contribution in [0.2, 0.25) is 0 Å². The summed E-state index contributed by atoms with van der Waals surface area (Å²) in [6.45, 7) is 2.39. The molecule has 2 aromatic heterocycles. The van der Waals surface area contributed by atoms with Gasteiger partial charge < -0.3 is 10.1 Å². The van der Waals surface area contributed by atoms with Gasteiger partial charge in [0.15, 0.2) is 0 Å². The van der Waals surface area contributed by atoms with E-state index in [-0.39, 0.29) is 0 Å². The summed E-state index contributed by atoms with van der Waals surface area (Å²) in [4.78, 5) is 0. The molecule has 0 atom stereocenters. The van der Waals surface area contributed by atoms with Crippen LogP contribution in [-0.4, -0.2) is 30.5 Å². The van der Waals surface area contributed by atoms with Crippen molar-refractivity contribution >= 4 is 11.3 Å². The van der Waals surface area contributed by atoms with Crippen molar-refractivity contribution in [1.29, 1.82) is 0 Å². The Kier molecular flexibility index (Phi) is 4.10. The summed E-state index contributed by atoms with van der Waals surface area (Å²) in [5, 5.41) is 14.6. The van der Waals surface area contributed by atoms with E-state index in [2.05, 4.69) is 32.3 Å². The number of nitrogens with zero attached hydrogens (tertiary/aromatic N) is 1. The molecule has 16 heavy (non-hydrogen) atoms. The van der Waals surface area contributed by atoms with Gasteiger partial charge in [-0.25, -0.2) is 0 Å². The lowest BCUT2D eigenvalue weighted by Gasteiger charge is -2.03. The van der Waals surface area contributed by atoms with Gasteiger partial charge in [0.2, 0.25) is 0 Å². The van der Waals surface area contributed by atoms with E-state index in [1.54, 1.807) is 18.4 Å². The third-order valence-electron chi connectivity index (χ3n) is 2.33. The molecular formula is C11H15N3OS. The molecule has 0 fully saturated rings. The Morgan fingerprint density at radius 1 is 1.56 bits per heavy atom. The molecule has 5 heteroatoms. The molecule has 4 nitrogen and oxygen atoms in total. The largest absolute Gasteiger partial charge is 0.383 e.